The van der Waals surface area contributed by atoms with E-state index in [9.17, 15) is 27.9 Å². The average Bonchev–Trinajstić information content (AvgIpc) is 3.07. The standard InChI is InChI=1S/C21H21F3O4/c1-19-7-6-11-12(14(19)4-5-17(19)25)3-2-10-8-15-16(9-13(10)11)28-18(26)20(15,27)21(22,23)24/h8-9,11-12,14,27H,2-7H2,1H3/t11?,12?,14?,19-,20-/m0/s1. The maximum Gasteiger partial charge on any atom is 0.432 e. The van der Waals surface area contributed by atoms with Gasteiger partial charge in [-0.1, -0.05) is 6.92 Å². The molecule has 3 unspecified atom stereocenters. The molecule has 0 spiro atoms. The Morgan fingerprint density at radius 2 is 1.89 bits per heavy atom. The van der Waals surface area contributed by atoms with E-state index in [4.69, 9.17) is 4.74 Å². The first-order chi connectivity index (χ1) is 13.1. The van der Waals surface area contributed by atoms with Gasteiger partial charge < -0.3 is 9.84 Å². The largest absolute Gasteiger partial charge is 0.432 e. The van der Waals surface area contributed by atoms with Gasteiger partial charge in [-0.3, -0.25) is 4.79 Å². The molecule has 1 heterocycles. The van der Waals surface area contributed by atoms with E-state index in [0.29, 0.717) is 30.5 Å². The quantitative estimate of drug-likeness (QED) is 0.537. The lowest BCUT2D eigenvalue weighted by Gasteiger charge is -2.48. The van der Waals surface area contributed by atoms with Crippen LogP contribution in [-0.4, -0.2) is 23.0 Å². The van der Waals surface area contributed by atoms with Gasteiger partial charge >= 0.3 is 12.1 Å². The zero-order chi connectivity index (χ0) is 20.1. The summed E-state index contributed by atoms with van der Waals surface area (Å²) in [6.45, 7) is 2.06. The summed E-state index contributed by atoms with van der Waals surface area (Å²) in [6.07, 6.45) is -0.696. The first-order valence-electron chi connectivity index (χ1n) is 9.79. The van der Waals surface area contributed by atoms with E-state index in [1.165, 1.54) is 12.1 Å². The summed E-state index contributed by atoms with van der Waals surface area (Å²) in [5, 5.41) is 10.1. The van der Waals surface area contributed by atoms with Crippen LogP contribution in [0.3, 0.4) is 0 Å². The number of esters is 1. The van der Waals surface area contributed by atoms with Crippen LogP contribution < -0.4 is 4.74 Å². The third-order valence-electron chi connectivity index (χ3n) is 7.83. The highest BCUT2D eigenvalue weighted by molar-refractivity contribution is 5.90. The van der Waals surface area contributed by atoms with Crippen molar-refractivity contribution >= 4 is 11.8 Å². The Kier molecular flexibility index (Phi) is 3.49. The third-order valence-corrected chi connectivity index (χ3v) is 7.83. The summed E-state index contributed by atoms with van der Waals surface area (Å²) in [7, 11) is 0. The van der Waals surface area contributed by atoms with Crippen LogP contribution in [0.1, 0.15) is 61.6 Å². The second-order valence-corrected chi connectivity index (χ2v) is 8.98. The molecule has 2 fully saturated rings. The second-order valence-electron chi connectivity index (χ2n) is 8.98. The van der Waals surface area contributed by atoms with Gasteiger partial charge in [0.25, 0.3) is 5.60 Å². The Labute approximate surface area is 160 Å². The number of alkyl halides is 3. The summed E-state index contributed by atoms with van der Waals surface area (Å²) in [5.74, 6) is -0.785. The molecule has 4 aliphatic rings. The van der Waals surface area contributed by atoms with Gasteiger partial charge in [-0.15, -0.1) is 0 Å². The molecule has 150 valence electrons. The number of carbonyl (C=O) groups excluding carboxylic acids is 2. The van der Waals surface area contributed by atoms with E-state index in [1.807, 2.05) is 0 Å². The van der Waals surface area contributed by atoms with Crippen LogP contribution in [0.25, 0.3) is 0 Å². The lowest BCUT2D eigenvalue weighted by Crippen LogP contribution is -2.47. The van der Waals surface area contributed by atoms with Crippen molar-refractivity contribution in [3.63, 3.8) is 0 Å². The van der Waals surface area contributed by atoms with Crippen LogP contribution in [0.2, 0.25) is 0 Å². The fourth-order valence-corrected chi connectivity index (χ4v) is 6.29. The van der Waals surface area contributed by atoms with Crippen molar-refractivity contribution in [2.75, 3.05) is 0 Å². The molecule has 4 nitrogen and oxygen atoms in total. The van der Waals surface area contributed by atoms with Crippen molar-refractivity contribution in [2.24, 2.45) is 17.3 Å². The fraction of sp³-hybridized carbons (Fsp3) is 0.619. The van der Waals surface area contributed by atoms with Crippen LogP contribution in [0.15, 0.2) is 12.1 Å². The molecule has 0 amide bonds. The Morgan fingerprint density at radius 3 is 2.61 bits per heavy atom. The summed E-state index contributed by atoms with van der Waals surface area (Å²) >= 11 is 0. The van der Waals surface area contributed by atoms with Crippen LogP contribution in [0, 0.1) is 17.3 Å². The smallest absolute Gasteiger partial charge is 0.423 e. The minimum atomic E-state index is -5.14. The molecule has 5 rings (SSSR count). The van der Waals surface area contributed by atoms with Gasteiger partial charge in [0.05, 0.1) is 0 Å². The molecule has 7 heteroatoms. The van der Waals surface area contributed by atoms with Crippen molar-refractivity contribution in [1.82, 2.24) is 0 Å². The predicted octanol–water partition coefficient (Wildman–Crippen LogP) is 3.78. The number of carbonyl (C=O) groups is 2. The van der Waals surface area contributed by atoms with Gasteiger partial charge in [-0.05, 0) is 73.1 Å². The summed E-state index contributed by atoms with van der Waals surface area (Å²) in [5.41, 5.74) is -2.72. The number of Topliss-reactive ketones (excluding diaryl/α,β-unsaturated/α-hetero) is 1. The summed E-state index contributed by atoms with van der Waals surface area (Å²) < 4.78 is 45.1. The number of benzene rings is 1. The molecule has 0 bridgehead atoms. The number of fused-ring (bicyclic) bond motifs is 6. The number of ketones is 1. The van der Waals surface area contributed by atoms with E-state index in [2.05, 4.69) is 6.92 Å². The Bertz CT molecular complexity index is 908. The number of rotatable bonds is 0. The van der Waals surface area contributed by atoms with Gasteiger partial charge in [-0.2, -0.15) is 13.2 Å². The second kappa shape index (κ2) is 5.38. The molecule has 28 heavy (non-hydrogen) atoms. The maximum absolute atomic E-state index is 13.4. The number of hydrogen-bond acceptors (Lipinski definition) is 4. The minimum absolute atomic E-state index is 0.149. The van der Waals surface area contributed by atoms with Crippen molar-refractivity contribution in [2.45, 2.75) is 63.1 Å². The van der Waals surface area contributed by atoms with E-state index >= 15 is 0 Å². The van der Waals surface area contributed by atoms with Crippen LogP contribution in [0.5, 0.6) is 5.75 Å². The number of aryl methyl sites for hydroxylation is 1. The fourth-order valence-electron chi connectivity index (χ4n) is 6.29. The van der Waals surface area contributed by atoms with Crippen molar-refractivity contribution in [1.29, 1.82) is 0 Å². The SMILES string of the molecule is C[C@]12CCC3c4cc5c(cc4CCC3C1CCC2=O)[C@@](O)(C(F)(F)F)C(=O)O5. The zero-order valence-corrected chi connectivity index (χ0v) is 15.4. The average molecular weight is 394 g/mol. The van der Waals surface area contributed by atoms with Crippen LogP contribution >= 0.6 is 0 Å². The van der Waals surface area contributed by atoms with E-state index in [-0.39, 0.29) is 17.1 Å². The van der Waals surface area contributed by atoms with E-state index < -0.39 is 23.3 Å². The molecular weight excluding hydrogens is 373 g/mol. The van der Waals surface area contributed by atoms with Crippen LogP contribution in [0.4, 0.5) is 13.2 Å². The molecule has 1 aromatic carbocycles. The highest BCUT2D eigenvalue weighted by atomic mass is 19.4. The Balaban J connectivity index is 1.57. The number of hydrogen-bond donors (Lipinski definition) is 1. The molecule has 2 saturated carbocycles. The molecule has 3 aliphatic carbocycles. The molecular formula is C21H21F3O4. The summed E-state index contributed by atoms with van der Waals surface area (Å²) in [4.78, 5) is 24.3. The van der Waals surface area contributed by atoms with Gasteiger partial charge in [0.2, 0.25) is 0 Å². The van der Waals surface area contributed by atoms with Gasteiger partial charge in [0.1, 0.15) is 11.5 Å². The molecule has 0 radical (unpaired) electrons. The van der Waals surface area contributed by atoms with Crippen molar-refractivity contribution in [3.8, 4) is 5.75 Å². The topological polar surface area (TPSA) is 63.6 Å². The first-order valence-corrected chi connectivity index (χ1v) is 9.79. The molecule has 1 aliphatic heterocycles. The zero-order valence-electron chi connectivity index (χ0n) is 15.4. The molecule has 0 saturated heterocycles. The molecule has 0 aromatic heterocycles. The Morgan fingerprint density at radius 1 is 1.14 bits per heavy atom. The van der Waals surface area contributed by atoms with Crippen molar-refractivity contribution < 1.29 is 32.6 Å². The highest BCUT2D eigenvalue weighted by Crippen LogP contribution is 2.60. The molecule has 1 N–H and O–H groups in total. The monoisotopic (exact) mass is 394 g/mol. The van der Waals surface area contributed by atoms with E-state index in [0.717, 1.165) is 36.8 Å². The van der Waals surface area contributed by atoms with Crippen molar-refractivity contribution in [3.05, 3.63) is 28.8 Å². The lowest BCUT2D eigenvalue weighted by atomic mass is 9.55. The predicted molar refractivity (Wildman–Crippen MR) is 91.7 cm³/mol. The minimum Gasteiger partial charge on any atom is -0.423 e. The lowest BCUT2D eigenvalue weighted by molar-refractivity contribution is -0.258. The van der Waals surface area contributed by atoms with Crippen LogP contribution in [-0.2, 0) is 21.6 Å². The summed E-state index contributed by atoms with van der Waals surface area (Å²) in [6, 6.07) is 2.84. The first kappa shape index (κ1) is 18.2. The van der Waals surface area contributed by atoms with E-state index in [1.54, 1.807) is 0 Å². The molecule has 1 aromatic rings. The molecule has 5 atom stereocenters. The normalized spacial score (nSPS) is 39.1. The number of ether oxygens (including phenoxy) is 1. The maximum atomic E-state index is 13.4. The third kappa shape index (κ3) is 2.06. The highest BCUT2D eigenvalue weighted by Gasteiger charge is 2.67. The number of aliphatic hydroxyl groups is 1. The van der Waals surface area contributed by atoms with Gasteiger partial charge in [0.15, 0.2) is 0 Å². The van der Waals surface area contributed by atoms with Gasteiger partial charge in [-0.25, -0.2) is 4.79 Å². The van der Waals surface area contributed by atoms with Gasteiger partial charge in [0, 0.05) is 17.4 Å². The Hall–Kier alpha value is -1.89. The number of halogens is 3.